The number of nitrogens with zero attached hydrogens (tertiary/aromatic N) is 7. The van der Waals surface area contributed by atoms with Crippen molar-refractivity contribution >= 4 is 46.4 Å². The molecular weight excluding hydrogens is 542 g/mol. The Morgan fingerprint density at radius 1 is 0.897 bits per heavy atom. The summed E-state index contributed by atoms with van der Waals surface area (Å²) in [4.78, 5) is 33.7. The van der Waals surface area contributed by atoms with Gasteiger partial charge in [-0.15, -0.1) is 10.2 Å². The first-order valence-electron chi connectivity index (χ1n) is 11.8. The molecule has 0 spiro atoms. The maximum Gasteiger partial charge on any atom is 0.313 e. The van der Waals surface area contributed by atoms with Crippen LogP contribution in [0.3, 0.4) is 0 Å². The average Bonchev–Trinajstić information content (AvgIpc) is 3.73. The van der Waals surface area contributed by atoms with Gasteiger partial charge in [-0.3, -0.25) is 29.5 Å². The van der Waals surface area contributed by atoms with Gasteiger partial charge in [0, 0.05) is 29.9 Å². The highest BCUT2D eigenvalue weighted by atomic mass is 32.2. The predicted octanol–water partition coefficient (Wildman–Crippen LogP) is 4.09. The lowest BCUT2D eigenvalue weighted by Crippen LogP contribution is -1.97. The number of para-hydroxylation sites is 1. The van der Waals surface area contributed by atoms with Gasteiger partial charge in [-0.25, -0.2) is 9.97 Å². The van der Waals surface area contributed by atoms with Gasteiger partial charge in [-0.2, -0.15) is 5.10 Å². The molecule has 1 aromatic carbocycles. The van der Waals surface area contributed by atoms with Gasteiger partial charge in [0.25, 0.3) is 0 Å². The molecule has 0 bridgehead atoms. The number of aromatic nitrogens is 9. The molecule has 4 heterocycles. The van der Waals surface area contributed by atoms with Crippen LogP contribution in [0.15, 0.2) is 59.2 Å². The number of aromatic amines is 2. The van der Waals surface area contributed by atoms with E-state index in [1.165, 1.54) is 0 Å². The number of aryl methyl sites for hydroxylation is 1. The lowest BCUT2D eigenvalue weighted by Gasteiger charge is -1.99. The zero-order chi connectivity index (χ0) is 28.2. The van der Waals surface area contributed by atoms with Gasteiger partial charge in [0.15, 0.2) is 11.6 Å². The summed E-state index contributed by atoms with van der Waals surface area (Å²) in [7, 11) is 0. The summed E-state index contributed by atoms with van der Waals surface area (Å²) in [6.07, 6.45) is 5.26. The highest BCUT2D eigenvalue weighted by molar-refractivity contribution is 8.00. The number of hydrogen-bond acceptors (Lipinski definition) is 10. The third-order valence-electron chi connectivity index (χ3n) is 4.67. The molecule has 4 N–H and O–H groups in total. The second-order valence-electron chi connectivity index (χ2n) is 7.30. The summed E-state index contributed by atoms with van der Waals surface area (Å²) in [6.45, 7) is 6.78. The molecule has 0 saturated carbocycles. The van der Waals surface area contributed by atoms with E-state index < -0.39 is 11.9 Å². The summed E-state index contributed by atoms with van der Waals surface area (Å²) >= 11 is 2.15. The van der Waals surface area contributed by atoms with Gasteiger partial charge >= 0.3 is 11.9 Å². The molecule has 15 heteroatoms. The minimum Gasteiger partial charge on any atom is -0.481 e. The highest BCUT2D eigenvalue weighted by Gasteiger charge is 2.10. The number of carbonyl (C=O) groups is 2. The van der Waals surface area contributed by atoms with E-state index in [2.05, 4.69) is 40.4 Å². The minimum atomic E-state index is -0.895. The van der Waals surface area contributed by atoms with Gasteiger partial charge in [-0.05, 0) is 19.1 Å². The Bertz CT molecular complexity index is 1520. The van der Waals surface area contributed by atoms with Gasteiger partial charge < -0.3 is 10.2 Å². The number of fused-ring (bicyclic) bond motifs is 1. The molecule has 5 aromatic rings. The Morgan fingerprint density at radius 2 is 1.49 bits per heavy atom. The quantitative estimate of drug-likeness (QED) is 0.186. The molecule has 0 radical (unpaired) electrons. The van der Waals surface area contributed by atoms with Crippen molar-refractivity contribution in [3.63, 3.8) is 0 Å². The van der Waals surface area contributed by atoms with E-state index in [0.29, 0.717) is 22.0 Å². The van der Waals surface area contributed by atoms with Gasteiger partial charge in [0.2, 0.25) is 10.3 Å². The molecule has 4 aromatic heterocycles. The minimum absolute atomic E-state index is 0.0501. The summed E-state index contributed by atoms with van der Waals surface area (Å²) in [5.74, 6) is -0.721. The van der Waals surface area contributed by atoms with Crippen molar-refractivity contribution in [3.8, 4) is 22.8 Å². The number of benzene rings is 1. The third-order valence-corrected chi connectivity index (χ3v) is 6.34. The number of rotatable bonds is 9. The van der Waals surface area contributed by atoms with Crippen LogP contribution < -0.4 is 0 Å². The molecule has 0 amide bonds. The van der Waals surface area contributed by atoms with Crippen molar-refractivity contribution in [1.82, 2.24) is 45.1 Å². The zero-order valence-corrected chi connectivity index (χ0v) is 23.0. The molecule has 0 unspecified atom stereocenters. The Hall–Kier alpha value is -4.24. The van der Waals surface area contributed by atoms with Crippen molar-refractivity contribution in [2.75, 3.05) is 11.5 Å². The number of thioether (sulfide) groups is 2. The summed E-state index contributed by atoms with van der Waals surface area (Å²) in [5.41, 5.74) is 2.57. The maximum absolute atomic E-state index is 10.5. The standard InChI is InChI=1S/C13H10N4O2S.C9H11N5O2S.C2H6/c18-11(19)7-20-13-15-12(16-17-13)9-5-8-3-1-2-4-10(8)14-6-9;1-2-14-4-6(3-10-14)8-11-9(13-12-8)17-5-7(15)16;1-2/h1-6H,7H2,(H,18,19)(H,15,16,17);3-4H,2,5H2,1H3,(H,15,16)(H,11,12,13);1-2H3. The van der Waals surface area contributed by atoms with Crippen LogP contribution in [-0.2, 0) is 16.1 Å². The number of nitrogens with one attached hydrogen (secondary N) is 2. The van der Waals surface area contributed by atoms with Crippen LogP contribution in [0.5, 0.6) is 0 Å². The molecular formula is C24H27N9O4S2. The predicted molar refractivity (Wildman–Crippen MR) is 148 cm³/mol. The molecule has 0 atom stereocenters. The number of carboxylic acid groups (broad SMARTS) is 2. The van der Waals surface area contributed by atoms with Gasteiger partial charge in [0.1, 0.15) is 0 Å². The Labute approximate surface area is 231 Å². The van der Waals surface area contributed by atoms with Crippen LogP contribution in [0.25, 0.3) is 33.7 Å². The molecule has 13 nitrogen and oxygen atoms in total. The van der Waals surface area contributed by atoms with Gasteiger partial charge in [-0.1, -0.05) is 55.6 Å². The van der Waals surface area contributed by atoms with E-state index in [1.54, 1.807) is 17.1 Å². The summed E-state index contributed by atoms with van der Waals surface area (Å²) < 4.78 is 1.78. The summed E-state index contributed by atoms with van der Waals surface area (Å²) in [6, 6.07) is 9.76. The largest absolute Gasteiger partial charge is 0.481 e. The topological polar surface area (TPSA) is 188 Å². The first-order valence-corrected chi connectivity index (χ1v) is 13.8. The molecule has 0 aliphatic carbocycles. The molecule has 0 fully saturated rings. The first kappa shape index (κ1) is 29.3. The summed E-state index contributed by atoms with van der Waals surface area (Å²) in [5, 5.41) is 36.6. The first-order chi connectivity index (χ1) is 18.9. The highest BCUT2D eigenvalue weighted by Crippen LogP contribution is 2.22. The zero-order valence-electron chi connectivity index (χ0n) is 21.4. The maximum atomic E-state index is 10.5. The van der Waals surface area contributed by atoms with Gasteiger partial charge in [0.05, 0.1) is 28.8 Å². The van der Waals surface area contributed by atoms with Crippen LogP contribution in [0, 0.1) is 0 Å². The fraction of sp³-hybridized carbons (Fsp3) is 0.250. The average molecular weight is 570 g/mol. The van der Waals surface area contributed by atoms with Crippen molar-refractivity contribution in [2.24, 2.45) is 0 Å². The smallest absolute Gasteiger partial charge is 0.313 e. The fourth-order valence-electron chi connectivity index (χ4n) is 2.99. The lowest BCUT2D eigenvalue weighted by atomic mass is 10.1. The molecule has 204 valence electrons. The molecule has 0 aliphatic heterocycles. The van der Waals surface area contributed by atoms with E-state index >= 15 is 0 Å². The third kappa shape index (κ3) is 8.65. The normalized spacial score (nSPS) is 10.3. The fourth-order valence-corrected chi connectivity index (χ4v) is 4.03. The van der Waals surface area contributed by atoms with E-state index in [-0.39, 0.29) is 11.5 Å². The van der Waals surface area contributed by atoms with Crippen molar-refractivity contribution < 1.29 is 19.8 Å². The molecule has 39 heavy (non-hydrogen) atoms. The Balaban J connectivity index is 0.000000205. The van der Waals surface area contributed by atoms with Crippen LogP contribution in [0.4, 0.5) is 0 Å². The van der Waals surface area contributed by atoms with Crippen LogP contribution in [0.2, 0.25) is 0 Å². The lowest BCUT2D eigenvalue weighted by molar-refractivity contribution is -0.134. The molecule has 0 saturated heterocycles. The van der Waals surface area contributed by atoms with Crippen LogP contribution in [-0.4, -0.2) is 78.8 Å². The second kappa shape index (κ2) is 14.6. The number of carboxylic acids is 2. The Kier molecular flexibility index (Phi) is 11.0. The second-order valence-corrected chi connectivity index (χ2v) is 9.18. The number of H-pyrrole nitrogens is 2. The number of aliphatic carboxylic acids is 2. The van der Waals surface area contributed by atoms with E-state index in [0.717, 1.165) is 52.1 Å². The van der Waals surface area contributed by atoms with Crippen molar-refractivity contribution in [1.29, 1.82) is 0 Å². The van der Waals surface area contributed by atoms with Crippen molar-refractivity contribution in [3.05, 3.63) is 48.9 Å². The van der Waals surface area contributed by atoms with Crippen molar-refractivity contribution in [2.45, 2.75) is 37.6 Å². The molecule has 0 aliphatic rings. The van der Waals surface area contributed by atoms with Crippen LogP contribution in [0.1, 0.15) is 20.8 Å². The van der Waals surface area contributed by atoms with Crippen LogP contribution >= 0.6 is 23.5 Å². The van der Waals surface area contributed by atoms with E-state index in [4.69, 9.17) is 10.2 Å². The SMILES string of the molecule is CC.CCn1cc(-c2nc(SCC(=O)O)n[nH]2)cn1.O=C(O)CSc1n[nH]c(-c2cnc3ccccc3c2)n1. The monoisotopic (exact) mass is 569 g/mol. The van der Waals surface area contributed by atoms with E-state index in [9.17, 15) is 9.59 Å². The molecule has 5 rings (SSSR count). The number of pyridine rings is 1. The Morgan fingerprint density at radius 3 is 2.05 bits per heavy atom. The number of hydrogen-bond donors (Lipinski definition) is 4. The van der Waals surface area contributed by atoms with E-state index in [1.807, 2.05) is 57.3 Å².